The van der Waals surface area contributed by atoms with E-state index in [4.69, 9.17) is 17.4 Å². The summed E-state index contributed by atoms with van der Waals surface area (Å²) in [4.78, 5) is 0. The molecular formula is C15H15BrClFN2. The number of benzene rings is 2. The molecule has 3 N–H and O–H groups in total. The van der Waals surface area contributed by atoms with Gasteiger partial charge in [-0.25, -0.2) is 9.82 Å². The number of aryl methyl sites for hydroxylation is 2. The zero-order valence-electron chi connectivity index (χ0n) is 11.2. The summed E-state index contributed by atoms with van der Waals surface area (Å²) in [6.07, 6.45) is 0. The number of hydrogen-bond donors (Lipinski definition) is 2. The Morgan fingerprint density at radius 1 is 1.20 bits per heavy atom. The maximum absolute atomic E-state index is 14.3. The molecule has 0 aliphatic heterocycles. The van der Waals surface area contributed by atoms with Gasteiger partial charge in [-0.2, -0.15) is 0 Å². The standard InChI is InChI=1S/C15H15BrClFN2/c1-8-3-9(2)14(13(18)4-8)15(20-19)10-5-11(16)7-12(17)6-10/h3-7,15,20H,19H2,1-2H3. The summed E-state index contributed by atoms with van der Waals surface area (Å²) in [6, 6.07) is 8.40. The molecule has 2 rings (SSSR count). The van der Waals surface area contributed by atoms with Gasteiger partial charge in [-0.15, -0.1) is 0 Å². The van der Waals surface area contributed by atoms with Gasteiger partial charge in [-0.1, -0.05) is 33.6 Å². The summed E-state index contributed by atoms with van der Waals surface area (Å²) < 4.78 is 15.1. The van der Waals surface area contributed by atoms with E-state index in [0.717, 1.165) is 21.2 Å². The Bertz CT molecular complexity index is 603. The summed E-state index contributed by atoms with van der Waals surface area (Å²) in [5, 5.41) is 0.569. The fourth-order valence-electron chi connectivity index (χ4n) is 2.38. The minimum absolute atomic E-state index is 0.276. The molecule has 20 heavy (non-hydrogen) atoms. The molecule has 0 aromatic heterocycles. The molecule has 0 aliphatic rings. The lowest BCUT2D eigenvalue weighted by Gasteiger charge is -2.21. The third-order valence-electron chi connectivity index (χ3n) is 3.15. The highest BCUT2D eigenvalue weighted by molar-refractivity contribution is 9.10. The molecule has 0 amide bonds. The second-order valence-electron chi connectivity index (χ2n) is 4.78. The first kappa shape index (κ1) is 15.4. The van der Waals surface area contributed by atoms with Crippen LogP contribution in [0.5, 0.6) is 0 Å². The molecule has 2 nitrogen and oxygen atoms in total. The van der Waals surface area contributed by atoms with Gasteiger partial charge in [0.15, 0.2) is 0 Å². The molecule has 2 aromatic carbocycles. The average molecular weight is 358 g/mol. The van der Waals surface area contributed by atoms with Gasteiger partial charge < -0.3 is 0 Å². The van der Waals surface area contributed by atoms with Crippen molar-refractivity contribution in [3.05, 3.63) is 67.9 Å². The largest absolute Gasteiger partial charge is 0.271 e. The number of nitrogens with one attached hydrogen (secondary N) is 1. The van der Waals surface area contributed by atoms with Crippen molar-refractivity contribution < 1.29 is 4.39 Å². The van der Waals surface area contributed by atoms with Crippen LogP contribution in [0, 0.1) is 19.7 Å². The van der Waals surface area contributed by atoms with Gasteiger partial charge in [0.05, 0.1) is 6.04 Å². The summed E-state index contributed by atoms with van der Waals surface area (Å²) >= 11 is 9.44. The number of hydrogen-bond acceptors (Lipinski definition) is 2. The molecule has 5 heteroatoms. The Labute approximate surface area is 131 Å². The summed E-state index contributed by atoms with van der Waals surface area (Å²) in [6.45, 7) is 3.73. The monoisotopic (exact) mass is 356 g/mol. The number of nitrogens with two attached hydrogens (primary N) is 1. The van der Waals surface area contributed by atoms with Crippen LogP contribution in [-0.4, -0.2) is 0 Å². The summed E-state index contributed by atoms with van der Waals surface area (Å²) in [5.74, 6) is 5.36. The molecule has 106 valence electrons. The van der Waals surface area contributed by atoms with E-state index in [1.807, 2.05) is 26.0 Å². The topological polar surface area (TPSA) is 38.0 Å². The molecule has 0 fully saturated rings. The lowest BCUT2D eigenvalue weighted by atomic mass is 9.93. The molecule has 0 bridgehead atoms. The number of rotatable bonds is 3. The van der Waals surface area contributed by atoms with Crippen molar-refractivity contribution in [2.24, 2.45) is 5.84 Å². The van der Waals surface area contributed by atoms with Crippen LogP contribution in [0.4, 0.5) is 4.39 Å². The molecule has 2 aromatic rings. The third kappa shape index (κ3) is 3.20. The molecule has 0 aliphatic carbocycles. The normalized spacial score (nSPS) is 12.5. The number of halogens is 3. The zero-order chi connectivity index (χ0) is 14.9. The highest BCUT2D eigenvalue weighted by Crippen LogP contribution is 2.31. The van der Waals surface area contributed by atoms with E-state index in [0.29, 0.717) is 10.6 Å². The van der Waals surface area contributed by atoms with E-state index in [2.05, 4.69) is 21.4 Å². The lowest BCUT2D eigenvalue weighted by Crippen LogP contribution is -2.30. The highest BCUT2D eigenvalue weighted by atomic mass is 79.9. The maximum Gasteiger partial charge on any atom is 0.128 e. The van der Waals surface area contributed by atoms with E-state index < -0.39 is 6.04 Å². The van der Waals surface area contributed by atoms with Crippen molar-refractivity contribution in [3.8, 4) is 0 Å². The third-order valence-corrected chi connectivity index (χ3v) is 3.83. The lowest BCUT2D eigenvalue weighted by molar-refractivity contribution is 0.556. The Hall–Kier alpha value is -0.940. The van der Waals surface area contributed by atoms with Gasteiger partial charge in [0, 0.05) is 15.1 Å². The van der Waals surface area contributed by atoms with E-state index in [9.17, 15) is 4.39 Å². The molecule has 0 radical (unpaired) electrons. The smallest absolute Gasteiger partial charge is 0.128 e. The predicted octanol–water partition coefficient (Wildman–Crippen LogP) is 4.41. The van der Waals surface area contributed by atoms with Gasteiger partial charge in [-0.3, -0.25) is 5.84 Å². The quantitative estimate of drug-likeness (QED) is 0.631. The second-order valence-corrected chi connectivity index (χ2v) is 6.13. The van der Waals surface area contributed by atoms with Gasteiger partial charge in [0.25, 0.3) is 0 Å². The minimum Gasteiger partial charge on any atom is -0.271 e. The maximum atomic E-state index is 14.3. The minimum atomic E-state index is -0.453. The first-order valence-electron chi connectivity index (χ1n) is 6.11. The van der Waals surface area contributed by atoms with Crippen LogP contribution >= 0.6 is 27.5 Å². The van der Waals surface area contributed by atoms with Crippen LogP contribution in [0.3, 0.4) is 0 Å². The molecular weight excluding hydrogens is 343 g/mol. The van der Waals surface area contributed by atoms with Crippen LogP contribution in [0.1, 0.15) is 28.3 Å². The van der Waals surface area contributed by atoms with Gasteiger partial charge in [0.1, 0.15) is 5.82 Å². The molecule has 1 atom stereocenters. The van der Waals surface area contributed by atoms with Gasteiger partial charge in [-0.05, 0) is 54.8 Å². The van der Waals surface area contributed by atoms with Crippen LogP contribution in [-0.2, 0) is 0 Å². The van der Waals surface area contributed by atoms with Gasteiger partial charge in [0.2, 0.25) is 0 Å². The van der Waals surface area contributed by atoms with Crippen molar-refractivity contribution in [1.29, 1.82) is 0 Å². The van der Waals surface area contributed by atoms with Crippen LogP contribution in [0.25, 0.3) is 0 Å². The van der Waals surface area contributed by atoms with Crippen LogP contribution in [0.15, 0.2) is 34.8 Å². The summed E-state index contributed by atoms with van der Waals surface area (Å²) in [5.41, 5.74) is 5.74. The molecule has 0 heterocycles. The van der Waals surface area contributed by atoms with E-state index in [1.54, 1.807) is 12.1 Å². The molecule has 0 saturated heterocycles. The van der Waals surface area contributed by atoms with Crippen molar-refractivity contribution in [2.75, 3.05) is 0 Å². The van der Waals surface area contributed by atoms with Gasteiger partial charge >= 0.3 is 0 Å². The first-order chi connectivity index (χ1) is 9.42. The first-order valence-corrected chi connectivity index (χ1v) is 7.28. The van der Waals surface area contributed by atoms with Crippen LogP contribution < -0.4 is 11.3 Å². The SMILES string of the molecule is Cc1cc(C)c(C(NN)c2cc(Cl)cc(Br)c2)c(F)c1. The van der Waals surface area contributed by atoms with Crippen molar-refractivity contribution in [2.45, 2.75) is 19.9 Å². The Morgan fingerprint density at radius 3 is 2.45 bits per heavy atom. The Balaban J connectivity index is 2.58. The highest BCUT2D eigenvalue weighted by Gasteiger charge is 2.20. The Kier molecular flexibility index (Phi) is 4.81. The van der Waals surface area contributed by atoms with E-state index >= 15 is 0 Å². The van der Waals surface area contributed by atoms with Crippen molar-refractivity contribution in [1.82, 2.24) is 5.43 Å². The number of hydrazine groups is 1. The fraction of sp³-hybridized carbons (Fsp3) is 0.200. The second kappa shape index (κ2) is 6.22. The average Bonchev–Trinajstić information content (AvgIpc) is 2.32. The molecule has 0 spiro atoms. The summed E-state index contributed by atoms with van der Waals surface area (Å²) in [7, 11) is 0. The zero-order valence-corrected chi connectivity index (χ0v) is 13.5. The van der Waals surface area contributed by atoms with E-state index in [1.165, 1.54) is 6.07 Å². The van der Waals surface area contributed by atoms with Crippen LogP contribution in [0.2, 0.25) is 5.02 Å². The fourth-order valence-corrected chi connectivity index (χ4v) is 3.27. The van der Waals surface area contributed by atoms with E-state index in [-0.39, 0.29) is 5.82 Å². The predicted molar refractivity (Wildman–Crippen MR) is 84.2 cm³/mol. The van der Waals surface area contributed by atoms with Crippen molar-refractivity contribution in [3.63, 3.8) is 0 Å². The Morgan fingerprint density at radius 2 is 1.90 bits per heavy atom. The van der Waals surface area contributed by atoms with Crippen molar-refractivity contribution >= 4 is 27.5 Å². The molecule has 0 saturated carbocycles. The molecule has 1 unspecified atom stereocenters.